The lowest BCUT2D eigenvalue weighted by molar-refractivity contribution is -0.134. The molecule has 1 aliphatic heterocycles. The normalized spacial score (nSPS) is 17.7. The molecule has 3 rings (SSSR count). The highest BCUT2D eigenvalue weighted by atomic mass is 16.5. The van der Waals surface area contributed by atoms with E-state index in [9.17, 15) is 14.4 Å². The van der Waals surface area contributed by atoms with E-state index in [2.05, 4.69) is 5.32 Å². The first-order chi connectivity index (χ1) is 14.0. The van der Waals surface area contributed by atoms with E-state index in [1.807, 2.05) is 0 Å². The fraction of sp³-hybridized carbons (Fsp3) is 0.571. The van der Waals surface area contributed by atoms with Gasteiger partial charge in [-0.05, 0) is 30.5 Å². The number of hydrogen-bond donors (Lipinski definition) is 2. The summed E-state index contributed by atoms with van der Waals surface area (Å²) in [5.41, 5.74) is 5.97. The van der Waals surface area contributed by atoms with Crippen molar-refractivity contribution in [3.05, 3.63) is 29.8 Å². The van der Waals surface area contributed by atoms with Crippen LogP contribution in [0.25, 0.3) is 0 Å². The Bertz CT molecular complexity index is 708. The highest BCUT2D eigenvalue weighted by molar-refractivity contribution is 5.79. The molecule has 2 aliphatic rings. The molecule has 8 heteroatoms. The lowest BCUT2D eigenvalue weighted by atomic mass is 9.96. The molecule has 1 aromatic rings. The molecule has 8 nitrogen and oxygen atoms in total. The third-order valence-electron chi connectivity index (χ3n) is 5.52. The number of carbonyl (C=O) groups is 3. The largest absolute Gasteiger partial charge is 0.484 e. The quantitative estimate of drug-likeness (QED) is 0.748. The van der Waals surface area contributed by atoms with E-state index >= 15 is 0 Å². The van der Waals surface area contributed by atoms with E-state index in [0.717, 1.165) is 18.4 Å². The summed E-state index contributed by atoms with van der Waals surface area (Å²) in [5, 5.41) is 3.13. The van der Waals surface area contributed by atoms with Gasteiger partial charge in [-0.3, -0.25) is 9.59 Å². The molecule has 0 atom stereocenters. The third kappa shape index (κ3) is 6.37. The second kappa shape index (κ2) is 10.1. The molecular weight excluding hydrogens is 372 g/mol. The van der Waals surface area contributed by atoms with Crippen LogP contribution in [0.4, 0.5) is 4.79 Å². The van der Waals surface area contributed by atoms with Gasteiger partial charge in [-0.25, -0.2) is 4.79 Å². The molecule has 2 fully saturated rings. The van der Waals surface area contributed by atoms with Crippen molar-refractivity contribution >= 4 is 17.8 Å². The number of amides is 4. The number of carbonyl (C=O) groups excluding carboxylic acids is 3. The van der Waals surface area contributed by atoms with Gasteiger partial charge in [0, 0.05) is 32.2 Å². The summed E-state index contributed by atoms with van der Waals surface area (Å²) in [6.45, 7) is 2.04. The van der Waals surface area contributed by atoms with E-state index in [1.165, 1.54) is 19.3 Å². The highest BCUT2D eigenvalue weighted by Crippen LogP contribution is 2.18. The summed E-state index contributed by atoms with van der Waals surface area (Å²) < 4.78 is 5.56. The van der Waals surface area contributed by atoms with Gasteiger partial charge in [-0.15, -0.1) is 0 Å². The van der Waals surface area contributed by atoms with E-state index < -0.39 is 0 Å². The Morgan fingerprint density at radius 1 is 0.966 bits per heavy atom. The van der Waals surface area contributed by atoms with Crippen molar-refractivity contribution in [1.82, 2.24) is 15.1 Å². The lowest BCUT2D eigenvalue weighted by Crippen LogP contribution is -2.55. The van der Waals surface area contributed by atoms with Gasteiger partial charge in [0.25, 0.3) is 5.91 Å². The summed E-state index contributed by atoms with van der Waals surface area (Å²) in [4.78, 5) is 39.2. The molecule has 158 valence electrons. The van der Waals surface area contributed by atoms with Crippen molar-refractivity contribution in [3.8, 4) is 5.75 Å². The zero-order chi connectivity index (χ0) is 20.6. The molecule has 3 N–H and O–H groups in total. The smallest absolute Gasteiger partial charge is 0.317 e. The maximum atomic E-state index is 12.4. The van der Waals surface area contributed by atoms with Crippen molar-refractivity contribution in [2.45, 2.75) is 44.6 Å². The topological polar surface area (TPSA) is 105 Å². The fourth-order valence-corrected chi connectivity index (χ4v) is 3.81. The Hall–Kier alpha value is -2.77. The molecule has 1 saturated heterocycles. The van der Waals surface area contributed by atoms with E-state index in [4.69, 9.17) is 10.5 Å². The average Bonchev–Trinajstić information content (AvgIpc) is 2.73. The number of nitrogens with one attached hydrogen (secondary N) is 1. The molecule has 0 aromatic heterocycles. The summed E-state index contributed by atoms with van der Waals surface area (Å²) in [6.07, 6.45) is 5.92. The van der Waals surface area contributed by atoms with Crippen LogP contribution < -0.4 is 15.8 Å². The van der Waals surface area contributed by atoms with Crippen LogP contribution in [0.5, 0.6) is 5.75 Å². The maximum Gasteiger partial charge on any atom is 0.317 e. The van der Waals surface area contributed by atoms with Gasteiger partial charge in [-0.2, -0.15) is 0 Å². The summed E-state index contributed by atoms with van der Waals surface area (Å²) in [5.74, 6) is 0.0797. The Morgan fingerprint density at radius 3 is 2.21 bits per heavy atom. The van der Waals surface area contributed by atoms with Crippen LogP contribution in [0, 0.1) is 0 Å². The van der Waals surface area contributed by atoms with Gasteiger partial charge in [0.05, 0.1) is 6.42 Å². The molecule has 4 amide bonds. The van der Waals surface area contributed by atoms with E-state index in [0.29, 0.717) is 38.0 Å². The molecule has 1 aromatic carbocycles. The van der Waals surface area contributed by atoms with Crippen LogP contribution in [0.2, 0.25) is 0 Å². The number of ether oxygens (including phenoxy) is 1. The Labute approximate surface area is 171 Å². The number of piperazine rings is 1. The minimum absolute atomic E-state index is 0.0173. The zero-order valence-corrected chi connectivity index (χ0v) is 16.8. The first kappa shape index (κ1) is 21.0. The van der Waals surface area contributed by atoms with E-state index in [-0.39, 0.29) is 30.9 Å². The first-order valence-corrected chi connectivity index (χ1v) is 10.3. The molecule has 1 saturated carbocycles. The van der Waals surface area contributed by atoms with Gasteiger partial charge in [0.1, 0.15) is 5.75 Å². The summed E-state index contributed by atoms with van der Waals surface area (Å²) in [7, 11) is 0. The molecule has 0 unspecified atom stereocenters. The van der Waals surface area contributed by atoms with Crippen LogP contribution in [0.3, 0.4) is 0 Å². The monoisotopic (exact) mass is 402 g/mol. The second-order valence-corrected chi connectivity index (χ2v) is 7.73. The van der Waals surface area contributed by atoms with Crippen molar-refractivity contribution < 1.29 is 19.1 Å². The second-order valence-electron chi connectivity index (χ2n) is 7.73. The third-order valence-corrected chi connectivity index (χ3v) is 5.52. The van der Waals surface area contributed by atoms with Crippen LogP contribution >= 0.6 is 0 Å². The zero-order valence-electron chi connectivity index (χ0n) is 16.8. The number of urea groups is 1. The van der Waals surface area contributed by atoms with Crippen molar-refractivity contribution in [2.24, 2.45) is 5.73 Å². The van der Waals surface area contributed by atoms with Crippen molar-refractivity contribution in [3.63, 3.8) is 0 Å². The summed E-state index contributed by atoms with van der Waals surface area (Å²) >= 11 is 0. The molecule has 0 bridgehead atoms. The SMILES string of the molecule is NC(=O)Cc1ccc(OCC(=O)N2CCN(C(=O)NC3CCCCC3)CC2)cc1. The number of benzene rings is 1. The predicted octanol–water partition coefficient (Wildman–Crippen LogP) is 1.28. The van der Waals surface area contributed by atoms with Crippen molar-refractivity contribution in [1.29, 1.82) is 0 Å². The number of hydrogen-bond acceptors (Lipinski definition) is 4. The van der Waals surface area contributed by atoms with Gasteiger partial charge < -0.3 is 25.6 Å². The van der Waals surface area contributed by atoms with Gasteiger partial charge in [-0.1, -0.05) is 31.4 Å². The highest BCUT2D eigenvalue weighted by Gasteiger charge is 2.26. The predicted molar refractivity (Wildman–Crippen MR) is 108 cm³/mol. The molecule has 1 heterocycles. The minimum Gasteiger partial charge on any atom is -0.484 e. The van der Waals surface area contributed by atoms with Gasteiger partial charge >= 0.3 is 6.03 Å². The molecule has 1 aliphatic carbocycles. The first-order valence-electron chi connectivity index (χ1n) is 10.3. The minimum atomic E-state index is -0.389. The van der Waals surface area contributed by atoms with Crippen molar-refractivity contribution in [2.75, 3.05) is 32.8 Å². The standard InChI is InChI=1S/C21H30N4O4/c22-19(26)14-16-6-8-18(9-7-16)29-15-20(27)24-10-12-25(13-11-24)21(28)23-17-4-2-1-3-5-17/h6-9,17H,1-5,10-15H2,(H2,22,26)(H,23,28). The Morgan fingerprint density at radius 2 is 1.59 bits per heavy atom. The number of nitrogens with two attached hydrogens (primary N) is 1. The molecule has 0 radical (unpaired) electrons. The Kier molecular flexibility index (Phi) is 7.32. The lowest BCUT2D eigenvalue weighted by Gasteiger charge is -2.36. The number of rotatable bonds is 6. The van der Waals surface area contributed by atoms with Gasteiger partial charge in [0.15, 0.2) is 6.61 Å². The van der Waals surface area contributed by atoms with Gasteiger partial charge in [0.2, 0.25) is 5.91 Å². The average molecular weight is 402 g/mol. The molecular formula is C21H30N4O4. The Balaban J connectivity index is 1.38. The number of primary amides is 1. The number of nitrogens with zero attached hydrogens (tertiary/aromatic N) is 2. The van der Waals surface area contributed by atoms with Crippen LogP contribution in [-0.4, -0.2) is 66.5 Å². The molecule has 0 spiro atoms. The van der Waals surface area contributed by atoms with Crippen LogP contribution in [0.15, 0.2) is 24.3 Å². The van der Waals surface area contributed by atoms with E-state index in [1.54, 1.807) is 34.1 Å². The van der Waals surface area contributed by atoms with Crippen LogP contribution in [-0.2, 0) is 16.0 Å². The molecule has 29 heavy (non-hydrogen) atoms. The fourth-order valence-electron chi connectivity index (χ4n) is 3.81. The van der Waals surface area contributed by atoms with Crippen LogP contribution in [0.1, 0.15) is 37.7 Å². The maximum absolute atomic E-state index is 12.4. The summed E-state index contributed by atoms with van der Waals surface area (Å²) in [6, 6.07) is 7.23.